The van der Waals surface area contributed by atoms with Crippen LogP contribution in [0.1, 0.15) is 24.3 Å². The van der Waals surface area contributed by atoms with Gasteiger partial charge in [-0.05, 0) is 73.8 Å². The van der Waals surface area contributed by atoms with Gasteiger partial charge >= 0.3 is 11.9 Å². The molecular formula is C22H23ClFNO5S. The van der Waals surface area contributed by atoms with E-state index in [1.807, 2.05) is 18.2 Å². The molecule has 1 saturated heterocycles. The number of nitrogens with one attached hydrogen (secondary N) is 1. The fourth-order valence-electron chi connectivity index (χ4n) is 3.02. The molecule has 3 rings (SSSR count). The van der Waals surface area contributed by atoms with Crippen molar-refractivity contribution in [1.82, 2.24) is 5.32 Å². The number of methoxy groups -OCH3 is 1. The topological polar surface area (TPSA) is 95.9 Å². The summed E-state index contributed by atoms with van der Waals surface area (Å²) in [6.45, 7) is 1.96. The standard InChI is InChI=1S/C18H19ClFNOS.C4H4O4/c1-22-14-3-5-18(16(19)11-14)23-17-4-2-13(20)10-15(17)12-6-8-21-9-7-12;5-3(6)1-2-4(7)8/h2-5,10-12,21H,6-9H2,1H3;1-2H,(H,5,6)(H,7,8)/b;2-1+. The molecule has 0 amide bonds. The molecule has 0 aliphatic carbocycles. The van der Waals surface area contributed by atoms with E-state index >= 15 is 0 Å². The summed E-state index contributed by atoms with van der Waals surface area (Å²) in [5, 5.41) is 19.6. The molecule has 1 fully saturated rings. The molecule has 0 atom stereocenters. The van der Waals surface area contributed by atoms with E-state index in [0.717, 1.165) is 47.0 Å². The van der Waals surface area contributed by atoms with Gasteiger partial charge in [0.25, 0.3) is 0 Å². The third-order valence-corrected chi connectivity index (χ3v) is 6.07. The lowest BCUT2D eigenvalue weighted by molar-refractivity contribution is -0.134. The molecule has 0 radical (unpaired) electrons. The molecule has 0 unspecified atom stereocenters. The first-order valence-corrected chi connectivity index (χ1v) is 10.6. The molecule has 2 aromatic carbocycles. The van der Waals surface area contributed by atoms with Gasteiger partial charge < -0.3 is 20.3 Å². The molecule has 3 N–H and O–H groups in total. The minimum absolute atomic E-state index is 0.177. The van der Waals surface area contributed by atoms with Crippen molar-refractivity contribution in [2.24, 2.45) is 0 Å². The van der Waals surface area contributed by atoms with E-state index in [0.29, 0.717) is 23.1 Å². The summed E-state index contributed by atoms with van der Waals surface area (Å²) in [5.41, 5.74) is 1.09. The third kappa shape index (κ3) is 8.24. The Hall–Kier alpha value is -2.55. The van der Waals surface area contributed by atoms with Gasteiger partial charge in [-0.2, -0.15) is 0 Å². The first-order chi connectivity index (χ1) is 14.8. The lowest BCUT2D eigenvalue weighted by atomic mass is 9.90. The smallest absolute Gasteiger partial charge is 0.328 e. The van der Waals surface area contributed by atoms with E-state index in [2.05, 4.69) is 5.32 Å². The number of carboxylic acid groups (broad SMARTS) is 2. The summed E-state index contributed by atoms with van der Waals surface area (Å²) >= 11 is 7.93. The quantitative estimate of drug-likeness (QED) is 0.524. The van der Waals surface area contributed by atoms with Crippen LogP contribution in [0.3, 0.4) is 0 Å². The van der Waals surface area contributed by atoms with Crippen LogP contribution in [0.25, 0.3) is 0 Å². The summed E-state index contributed by atoms with van der Waals surface area (Å²) in [7, 11) is 1.62. The molecule has 9 heteroatoms. The zero-order chi connectivity index (χ0) is 22.8. The molecule has 31 heavy (non-hydrogen) atoms. The van der Waals surface area contributed by atoms with Crippen molar-refractivity contribution < 1.29 is 28.9 Å². The van der Waals surface area contributed by atoms with Crippen LogP contribution in [0.15, 0.2) is 58.3 Å². The van der Waals surface area contributed by atoms with E-state index in [1.54, 1.807) is 31.0 Å². The molecule has 0 spiro atoms. The number of piperidine rings is 1. The predicted octanol–water partition coefficient (Wildman–Crippen LogP) is 4.82. The average molecular weight is 468 g/mol. The highest BCUT2D eigenvalue weighted by Gasteiger charge is 2.20. The Bertz CT molecular complexity index is 931. The van der Waals surface area contributed by atoms with Gasteiger partial charge in [-0.25, -0.2) is 14.0 Å². The maximum atomic E-state index is 13.8. The van der Waals surface area contributed by atoms with E-state index in [4.69, 9.17) is 26.6 Å². The Morgan fingerprint density at radius 3 is 2.26 bits per heavy atom. The Balaban J connectivity index is 0.000000366. The SMILES string of the molecule is COc1ccc(Sc2ccc(F)cc2C2CCNCC2)c(Cl)c1.O=C(O)/C=C/C(=O)O. The van der Waals surface area contributed by atoms with Crippen LogP contribution in [0.2, 0.25) is 5.02 Å². The number of ether oxygens (including phenoxy) is 1. The second kappa shape index (κ2) is 12.3. The van der Waals surface area contributed by atoms with E-state index in [9.17, 15) is 14.0 Å². The van der Waals surface area contributed by atoms with Crippen molar-refractivity contribution in [1.29, 1.82) is 0 Å². The minimum Gasteiger partial charge on any atom is -0.497 e. The number of hydrogen-bond acceptors (Lipinski definition) is 5. The molecule has 2 aromatic rings. The van der Waals surface area contributed by atoms with Crippen molar-refractivity contribution in [3.63, 3.8) is 0 Å². The van der Waals surface area contributed by atoms with Gasteiger partial charge in [0.1, 0.15) is 11.6 Å². The second-order valence-electron chi connectivity index (χ2n) is 6.61. The zero-order valence-corrected chi connectivity index (χ0v) is 18.4. The summed E-state index contributed by atoms with van der Waals surface area (Å²) in [4.78, 5) is 21.1. The van der Waals surface area contributed by atoms with Crippen molar-refractivity contribution in [2.75, 3.05) is 20.2 Å². The van der Waals surface area contributed by atoms with Crippen molar-refractivity contribution in [2.45, 2.75) is 28.6 Å². The molecule has 0 bridgehead atoms. The highest BCUT2D eigenvalue weighted by atomic mass is 35.5. The summed E-state index contributed by atoms with van der Waals surface area (Å²) < 4.78 is 18.9. The number of aliphatic carboxylic acids is 2. The van der Waals surface area contributed by atoms with Gasteiger partial charge in [-0.1, -0.05) is 23.4 Å². The number of carboxylic acids is 2. The molecule has 6 nitrogen and oxygen atoms in total. The van der Waals surface area contributed by atoms with Gasteiger partial charge in [-0.3, -0.25) is 0 Å². The highest BCUT2D eigenvalue weighted by Crippen LogP contribution is 2.40. The van der Waals surface area contributed by atoms with Crippen LogP contribution in [0, 0.1) is 5.82 Å². The largest absolute Gasteiger partial charge is 0.497 e. The Morgan fingerprint density at radius 2 is 1.71 bits per heavy atom. The lowest BCUT2D eigenvalue weighted by Gasteiger charge is -2.25. The van der Waals surface area contributed by atoms with Crippen LogP contribution in [0.5, 0.6) is 5.75 Å². The normalized spacial score (nSPS) is 14.0. The fraction of sp³-hybridized carbons (Fsp3) is 0.273. The molecule has 0 saturated carbocycles. The maximum absolute atomic E-state index is 13.8. The summed E-state index contributed by atoms with van der Waals surface area (Å²) in [6.07, 6.45) is 3.19. The highest BCUT2D eigenvalue weighted by molar-refractivity contribution is 7.99. The molecule has 0 aromatic heterocycles. The van der Waals surface area contributed by atoms with Gasteiger partial charge in [0, 0.05) is 21.9 Å². The molecular weight excluding hydrogens is 445 g/mol. The Labute approximate surface area is 189 Å². The lowest BCUT2D eigenvalue weighted by Crippen LogP contribution is -2.26. The van der Waals surface area contributed by atoms with Crippen LogP contribution in [-0.4, -0.2) is 42.4 Å². The monoisotopic (exact) mass is 467 g/mol. The first kappa shape index (κ1) is 24.7. The molecule has 1 heterocycles. The Morgan fingerprint density at radius 1 is 1.10 bits per heavy atom. The maximum Gasteiger partial charge on any atom is 0.328 e. The molecule has 1 aliphatic rings. The first-order valence-electron chi connectivity index (χ1n) is 9.45. The summed E-state index contributed by atoms with van der Waals surface area (Å²) in [5.74, 6) is -1.56. The molecule has 1 aliphatic heterocycles. The van der Waals surface area contributed by atoms with Crippen molar-refractivity contribution in [3.05, 3.63) is 65.0 Å². The van der Waals surface area contributed by atoms with Crippen LogP contribution < -0.4 is 10.1 Å². The molecule has 166 valence electrons. The van der Waals surface area contributed by atoms with E-state index in [-0.39, 0.29) is 5.82 Å². The average Bonchev–Trinajstić information content (AvgIpc) is 2.76. The third-order valence-electron chi connectivity index (χ3n) is 4.48. The van der Waals surface area contributed by atoms with E-state index < -0.39 is 11.9 Å². The predicted molar refractivity (Wildman–Crippen MR) is 118 cm³/mol. The van der Waals surface area contributed by atoms with Crippen molar-refractivity contribution >= 4 is 35.3 Å². The number of halogens is 2. The Kier molecular flexibility index (Phi) is 9.84. The van der Waals surface area contributed by atoms with Gasteiger partial charge in [0.15, 0.2) is 0 Å². The van der Waals surface area contributed by atoms with Crippen LogP contribution in [-0.2, 0) is 9.59 Å². The fourth-order valence-corrected chi connectivity index (χ4v) is 4.31. The van der Waals surface area contributed by atoms with Crippen LogP contribution >= 0.6 is 23.4 Å². The number of carbonyl (C=O) groups is 2. The number of benzene rings is 2. The second-order valence-corrected chi connectivity index (χ2v) is 8.11. The van der Waals surface area contributed by atoms with Gasteiger partial charge in [-0.15, -0.1) is 0 Å². The minimum atomic E-state index is -1.26. The number of rotatable bonds is 6. The summed E-state index contributed by atoms with van der Waals surface area (Å²) in [6, 6.07) is 10.7. The zero-order valence-electron chi connectivity index (χ0n) is 16.8. The van der Waals surface area contributed by atoms with Gasteiger partial charge in [0.05, 0.1) is 12.1 Å². The van der Waals surface area contributed by atoms with E-state index in [1.165, 1.54) is 6.07 Å². The van der Waals surface area contributed by atoms with Gasteiger partial charge in [0.2, 0.25) is 0 Å². The van der Waals surface area contributed by atoms with Crippen molar-refractivity contribution in [3.8, 4) is 5.75 Å². The number of hydrogen-bond donors (Lipinski definition) is 3. The van der Waals surface area contributed by atoms with Crippen LogP contribution in [0.4, 0.5) is 4.39 Å².